The van der Waals surface area contributed by atoms with Gasteiger partial charge in [-0.05, 0) is 49.2 Å². The van der Waals surface area contributed by atoms with E-state index in [1.807, 2.05) is 4.90 Å². The Morgan fingerprint density at radius 1 is 1.21 bits per heavy atom. The lowest BCUT2D eigenvalue weighted by Gasteiger charge is -2.33. The average Bonchev–Trinajstić information content (AvgIpc) is 3.30. The number of pyridine rings is 1. The van der Waals surface area contributed by atoms with Crippen molar-refractivity contribution < 1.29 is 32.1 Å². The summed E-state index contributed by atoms with van der Waals surface area (Å²) in [7, 11) is 1.58. The minimum atomic E-state index is -4.56. The number of aliphatic imine (C=N–C) groups is 2. The zero-order valence-electron chi connectivity index (χ0n) is 22.8. The predicted octanol–water partition coefficient (Wildman–Crippen LogP) is 3.00. The van der Waals surface area contributed by atoms with Crippen molar-refractivity contribution in [3.05, 3.63) is 83.2 Å². The summed E-state index contributed by atoms with van der Waals surface area (Å²) in [6.45, 7) is 2.03. The van der Waals surface area contributed by atoms with Crippen LogP contribution in [0.1, 0.15) is 34.3 Å². The van der Waals surface area contributed by atoms with Gasteiger partial charge < -0.3 is 20.3 Å². The zero-order valence-corrected chi connectivity index (χ0v) is 22.8. The molecule has 0 bridgehead atoms. The molecule has 1 fully saturated rings. The number of nitrogens with zero attached hydrogens (tertiary/aromatic N) is 5. The van der Waals surface area contributed by atoms with E-state index in [9.17, 15) is 22.8 Å². The summed E-state index contributed by atoms with van der Waals surface area (Å²) in [4.78, 5) is 40.5. The molecule has 2 amide bonds. The van der Waals surface area contributed by atoms with Crippen LogP contribution in [0.4, 0.5) is 19.0 Å². The van der Waals surface area contributed by atoms with E-state index in [1.54, 1.807) is 37.9 Å². The quantitative estimate of drug-likeness (QED) is 0.249. The fraction of sp³-hybridized carbons (Fsp3) is 0.321. The average molecular weight is 584 g/mol. The van der Waals surface area contributed by atoms with Crippen molar-refractivity contribution in [3.8, 4) is 0 Å². The number of halogens is 3. The second kappa shape index (κ2) is 11.8. The monoisotopic (exact) mass is 583 g/mol. The van der Waals surface area contributed by atoms with Gasteiger partial charge in [-0.15, -0.1) is 4.59 Å². The number of rotatable bonds is 8. The number of anilines is 1. The Bertz CT molecular complexity index is 1490. The summed E-state index contributed by atoms with van der Waals surface area (Å²) >= 11 is 0. The van der Waals surface area contributed by atoms with Crippen molar-refractivity contribution in [1.82, 2.24) is 15.2 Å². The number of hydrogen-bond acceptors (Lipinski definition) is 8. The molecule has 1 saturated heterocycles. The van der Waals surface area contributed by atoms with Crippen molar-refractivity contribution in [3.63, 3.8) is 0 Å². The molecular formula is C28H30F3N8O3+. The summed E-state index contributed by atoms with van der Waals surface area (Å²) < 4.78 is 43.8. The summed E-state index contributed by atoms with van der Waals surface area (Å²) in [5.41, 5.74) is 0.570. The summed E-state index contributed by atoms with van der Waals surface area (Å²) in [6, 6.07) is 8.01. The van der Waals surface area contributed by atoms with E-state index in [4.69, 9.17) is 15.6 Å². The second-order valence-electron chi connectivity index (χ2n) is 10.0. The number of hydrogen-bond donors (Lipinski definition) is 3. The first kappa shape index (κ1) is 29.1. The molecule has 1 aromatic heterocycles. The molecule has 2 unspecified atom stereocenters. The molecule has 11 nitrogen and oxygen atoms in total. The van der Waals surface area contributed by atoms with E-state index in [0.717, 1.165) is 31.2 Å². The summed E-state index contributed by atoms with van der Waals surface area (Å²) in [5, 5.41) is 5.31. The first-order valence-electron chi connectivity index (χ1n) is 13.3. The normalized spacial score (nSPS) is 21.7. The fourth-order valence-corrected chi connectivity index (χ4v) is 5.03. The fourth-order valence-electron chi connectivity index (χ4n) is 5.03. The molecule has 0 spiro atoms. The first-order valence-corrected chi connectivity index (χ1v) is 13.3. The third-order valence-corrected chi connectivity index (χ3v) is 7.21. The number of amidine groups is 1. The van der Waals surface area contributed by atoms with Gasteiger partial charge in [-0.1, -0.05) is 0 Å². The number of piperidine rings is 1. The number of nitrogens with two attached hydrogens (primary N) is 1. The molecule has 220 valence electrons. The molecule has 2 atom stereocenters. The number of methoxy groups -OCH3 is 1. The predicted molar refractivity (Wildman–Crippen MR) is 148 cm³/mol. The summed E-state index contributed by atoms with van der Waals surface area (Å²) in [6.07, 6.45) is 2.90. The highest BCUT2D eigenvalue weighted by Crippen LogP contribution is 2.35. The van der Waals surface area contributed by atoms with Gasteiger partial charge in [-0.2, -0.15) is 24.0 Å². The molecule has 0 saturated carbocycles. The van der Waals surface area contributed by atoms with Gasteiger partial charge >= 0.3 is 6.18 Å². The van der Waals surface area contributed by atoms with E-state index < -0.39 is 17.6 Å². The Balaban J connectivity index is 1.34. The molecule has 2 aromatic rings. The van der Waals surface area contributed by atoms with Gasteiger partial charge in [0.25, 0.3) is 11.7 Å². The van der Waals surface area contributed by atoms with Crippen molar-refractivity contribution >= 4 is 29.7 Å². The topological polar surface area (TPSA) is 134 Å². The van der Waals surface area contributed by atoms with E-state index >= 15 is 0 Å². The minimum absolute atomic E-state index is 0.0375. The van der Waals surface area contributed by atoms with Crippen LogP contribution in [0, 0.1) is 5.92 Å². The molecule has 3 aliphatic heterocycles. The molecule has 1 aromatic carbocycles. The number of ether oxygens (including phenoxy) is 1. The molecule has 14 heteroatoms. The van der Waals surface area contributed by atoms with Crippen molar-refractivity contribution in [1.29, 1.82) is 0 Å². The SMILES string of the molecule is COCCNC(=O)C1CCCN(C2=C3C=NC=C[N+]3(N)C(c3ccc(C(=O)Nc4cc(C(F)(F)F)ccn4)cc3)=N2)C1. The number of quaternary nitrogens is 1. The Kier molecular flexibility index (Phi) is 8.20. The third-order valence-electron chi connectivity index (χ3n) is 7.21. The number of carbonyl (C=O) groups excluding carboxylic acids is 2. The van der Waals surface area contributed by atoms with E-state index in [-0.39, 0.29) is 27.8 Å². The standard InChI is InChI=1S/C28H29F3N8O3/c1-42-14-11-35-26(40)20-3-2-12-38(17-20)24-22-16-33-10-13-39(22,32)25(37-24)18-4-6-19(7-5-18)27(41)36-23-15-21(8-9-34-23)28(29,30)31/h4-10,13,15-16,20H,2-3,11-12,14,17,32H2,1H3,(H-,34,35,36,40,41)/p+1. The molecule has 42 heavy (non-hydrogen) atoms. The lowest BCUT2D eigenvalue weighted by molar-refractivity contribution is -0.750. The van der Waals surface area contributed by atoms with Crippen molar-refractivity contribution in [2.45, 2.75) is 19.0 Å². The maximum Gasteiger partial charge on any atom is 0.416 e. The number of fused-ring (bicyclic) bond motifs is 1. The number of allylic oxidation sites excluding steroid dienone is 1. The Hall–Kier alpha value is -4.40. The van der Waals surface area contributed by atoms with Crippen LogP contribution >= 0.6 is 0 Å². The van der Waals surface area contributed by atoms with Gasteiger partial charge in [0.2, 0.25) is 17.4 Å². The number of alkyl halides is 3. The molecule has 5 rings (SSSR count). The highest BCUT2D eigenvalue weighted by atomic mass is 19.4. The lowest BCUT2D eigenvalue weighted by Crippen LogP contribution is -2.53. The van der Waals surface area contributed by atoms with E-state index in [0.29, 0.717) is 49.2 Å². The molecule has 0 radical (unpaired) electrons. The number of amides is 2. The minimum Gasteiger partial charge on any atom is -0.383 e. The molecule has 4 N–H and O–H groups in total. The first-order chi connectivity index (χ1) is 20.1. The van der Waals surface area contributed by atoms with Crippen LogP contribution in [0.3, 0.4) is 0 Å². The second-order valence-corrected chi connectivity index (χ2v) is 10.0. The van der Waals surface area contributed by atoms with Crippen molar-refractivity contribution in [2.24, 2.45) is 21.7 Å². The molecule has 0 aliphatic carbocycles. The highest BCUT2D eigenvalue weighted by molar-refractivity contribution is 6.05. The Morgan fingerprint density at radius 3 is 2.74 bits per heavy atom. The third kappa shape index (κ3) is 5.95. The van der Waals surface area contributed by atoms with Gasteiger partial charge in [-0.25, -0.2) is 4.98 Å². The molecular weight excluding hydrogens is 553 g/mol. The number of likely N-dealkylation sites (tertiary alicyclic amines) is 1. The lowest BCUT2D eigenvalue weighted by atomic mass is 9.97. The van der Waals surface area contributed by atoms with E-state index in [2.05, 4.69) is 20.6 Å². The number of carbonyl (C=O) groups is 2. The Morgan fingerprint density at radius 2 is 2.00 bits per heavy atom. The van der Waals surface area contributed by atoms with Crippen molar-refractivity contribution in [2.75, 3.05) is 38.7 Å². The van der Waals surface area contributed by atoms with Crippen LogP contribution in [0.5, 0.6) is 0 Å². The van der Waals surface area contributed by atoms with Crippen LogP contribution < -0.4 is 16.5 Å². The maximum absolute atomic E-state index is 13.0. The highest BCUT2D eigenvalue weighted by Gasteiger charge is 2.46. The Labute approximate surface area is 239 Å². The van der Waals surface area contributed by atoms with Crippen LogP contribution in [-0.2, 0) is 15.7 Å². The van der Waals surface area contributed by atoms with Gasteiger partial charge in [0, 0.05) is 38.5 Å². The number of benzene rings is 1. The molecule has 3 aliphatic rings. The van der Waals surface area contributed by atoms with Gasteiger partial charge in [0.15, 0.2) is 0 Å². The van der Waals surface area contributed by atoms with Gasteiger partial charge in [-0.3, -0.25) is 14.6 Å². The zero-order chi connectivity index (χ0) is 29.9. The van der Waals surface area contributed by atoms with Gasteiger partial charge in [0.1, 0.15) is 12.0 Å². The van der Waals surface area contributed by atoms with Crippen LogP contribution in [0.15, 0.2) is 76.5 Å². The molecule has 4 heterocycles. The number of aromatic nitrogens is 1. The van der Waals surface area contributed by atoms with E-state index in [1.165, 1.54) is 12.1 Å². The maximum atomic E-state index is 13.0. The van der Waals surface area contributed by atoms with Crippen LogP contribution in [0.25, 0.3) is 0 Å². The number of nitrogens with one attached hydrogen (secondary N) is 2. The summed E-state index contributed by atoms with van der Waals surface area (Å²) in [5.74, 6) is 6.85. The van der Waals surface area contributed by atoms with Crippen LogP contribution in [0.2, 0.25) is 0 Å². The van der Waals surface area contributed by atoms with Crippen LogP contribution in [-0.4, -0.2) is 71.7 Å². The largest absolute Gasteiger partial charge is 0.416 e. The smallest absolute Gasteiger partial charge is 0.383 e. The van der Waals surface area contributed by atoms with Gasteiger partial charge in [0.05, 0.1) is 36.1 Å².